The summed E-state index contributed by atoms with van der Waals surface area (Å²) >= 11 is 0. The van der Waals surface area contributed by atoms with E-state index in [9.17, 15) is 4.79 Å². The second-order valence-corrected chi connectivity index (χ2v) is 6.55. The van der Waals surface area contributed by atoms with E-state index in [4.69, 9.17) is 9.97 Å². The number of rotatable bonds is 3. The maximum absolute atomic E-state index is 12.3. The van der Waals surface area contributed by atoms with Crippen LogP contribution in [0.15, 0.2) is 0 Å². The minimum atomic E-state index is 0.0354. The molecule has 0 aromatic carbocycles. The smallest absolute Gasteiger partial charge is 0.222 e. The van der Waals surface area contributed by atoms with Gasteiger partial charge in [0.1, 0.15) is 5.82 Å². The van der Waals surface area contributed by atoms with Crippen LogP contribution in [0.2, 0.25) is 0 Å². The lowest BCUT2D eigenvalue weighted by atomic mass is 9.99. The van der Waals surface area contributed by atoms with Crippen molar-refractivity contribution in [3.8, 4) is 0 Å². The number of carbonyl (C=O) groups is 1. The van der Waals surface area contributed by atoms with Crippen LogP contribution in [0.5, 0.6) is 0 Å². The Kier molecular flexibility index (Phi) is 4.80. The van der Waals surface area contributed by atoms with E-state index in [0.29, 0.717) is 6.42 Å². The fourth-order valence-corrected chi connectivity index (χ4v) is 3.63. The molecule has 0 aliphatic carbocycles. The summed E-state index contributed by atoms with van der Waals surface area (Å²) in [5.41, 5.74) is 2.35. The molecule has 3 heterocycles. The number of amides is 1. The predicted molar refractivity (Wildman–Crippen MR) is 90.2 cm³/mol. The monoisotopic (exact) mass is 317 g/mol. The van der Waals surface area contributed by atoms with E-state index in [0.717, 1.165) is 62.7 Å². The number of hydrogen-bond acceptors (Lipinski definition) is 5. The molecule has 2 aliphatic heterocycles. The highest BCUT2D eigenvalue weighted by molar-refractivity contribution is 5.76. The molecule has 6 nitrogen and oxygen atoms in total. The van der Waals surface area contributed by atoms with Crippen LogP contribution in [0.4, 0.5) is 5.82 Å². The second kappa shape index (κ2) is 6.83. The topological polar surface area (TPSA) is 61.4 Å². The average molecular weight is 317 g/mol. The summed E-state index contributed by atoms with van der Waals surface area (Å²) < 4.78 is 0. The Hall–Kier alpha value is -1.69. The van der Waals surface area contributed by atoms with Crippen molar-refractivity contribution in [3.05, 3.63) is 17.1 Å². The van der Waals surface area contributed by atoms with Gasteiger partial charge in [-0.15, -0.1) is 0 Å². The summed E-state index contributed by atoms with van der Waals surface area (Å²) in [6, 6.07) is 0.0354. The highest BCUT2D eigenvalue weighted by Gasteiger charge is 2.31. The summed E-state index contributed by atoms with van der Waals surface area (Å²) in [7, 11) is 4.04. The maximum Gasteiger partial charge on any atom is 0.222 e. The van der Waals surface area contributed by atoms with Gasteiger partial charge in [0.15, 0.2) is 5.82 Å². The molecular weight excluding hydrogens is 290 g/mol. The number of likely N-dealkylation sites (N-methyl/N-ethyl adjacent to an activating group) is 1. The van der Waals surface area contributed by atoms with E-state index in [1.165, 1.54) is 5.56 Å². The van der Waals surface area contributed by atoms with Crippen LogP contribution in [0.25, 0.3) is 0 Å². The van der Waals surface area contributed by atoms with Gasteiger partial charge in [0.2, 0.25) is 5.91 Å². The molecule has 0 bridgehead atoms. The van der Waals surface area contributed by atoms with Crippen LogP contribution in [0, 0.1) is 0 Å². The molecule has 6 heteroatoms. The first-order valence-corrected chi connectivity index (χ1v) is 8.69. The van der Waals surface area contributed by atoms with E-state index in [2.05, 4.69) is 17.3 Å². The predicted octanol–water partition coefficient (Wildman–Crippen LogP) is 1.97. The normalized spacial score (nSPS) is 21.9. The van der Waals surface area contributed by atoms with Crippen molar-refractivity contribution in [3.63, 3.8) is 0 Å². The number of nitrogens with zero attached hydrogens (tertiary/aromatic N) is 4. The largest absolute Gasteiger partial charge is 0.373 e. The summed E-state index contributed by atoms with van der Waals surface area (Å²) in [4.78, 5) is 26.2. The lowest BCUT2D eigenvalue weighted by molar-refractivity contribution is -0.134. The van der Waals surface area contributed by atoms with Crippen molar-refractivity contribution in [1.82, 2.24) is 19.8 Å². The fraction of sp³-hybridized carbons (Fsp3) is 0.706. The molecule has 126 valence electrons. The molecule has 1 fully saturated rings. The molecule has 3 rings (SSSR count). The molecule has 0 spiro atoms. The summed E-state index contributed by atoms with van der Waals surface area (Å²) in [5.74, 6) is 1.95. The molecule has 1 amide bonds. The fourth-order valence-electron chi connectivity index (χ4n) is 3.63. The van der Waals surface area contributed by atoms with Gasteiger partial charge < -0.3 is 15.1 Å². The van der Waals surface area contributed by atoms with Gasteiger partial charge in [-0.2, -0.15) is 0 Å². The van der Waals surface area contributed by atoms with Gasteiger partial charge in [-0.25, -0.2) is 9.97 Å². The lowest BCUT2D eigenvalue weighted by Gasteiger charge is -2.35. The van der Waals surface area contributed by atoms with E-state index in [1.54, 1.807) is 0 Å². The number of likely N-dealkylation sites (tertiary alicyclic amines) is 1. The highest BCUT2D eigenvalue weighted by Crippen LogP contribution is 2.32. The molecule has 1 aromatic heterocycles. The molecule has 0 unspecified atom stereocenters. The van der Waals surface area contributed by atoms with E-state index in [-0.39, 0.29) is 11.9 Å². The zero-order valence-electron chi connectivity index (χ0n) is 14.4. The van der Waals surface area contributed by atoms with Gasteiger partial charge in [-0.3, -0.25) is 4.79 Å². The number of hydrogen-bond donors (Lipinski definition) is 1. The van der Waals surface area contributed by atoms with Crippen molar-refractivity contribution in [1.29, 1.82) is 0 Å². The van der Waals surface area contributed by atoms with Crippen LogP contribution in [0.1, 0.15) is 55.7 Å². The van der Waals surface area contributed by atoms with Gasteiger partial charge in [0.05, 0.1) is 11.7 Å². The zero-order valence-corrected chi connectivity index (χ0v) is 14.4. The van der Waals surface area contributed by atoms with Crippen LogP contribution < -0.4 is 5.32 Å². The van der Waals surface area contributed by atoms with Gasteiger partial charge >= 0.3 is 0 Å². The summed E-state index contributed by atoms with van der Waals surface area (Å²) in [6.07, 6.45) is 4.68. The molecule has 1 aromatic rings. The van der Waals surface area contributed by atoms with Crippen LogP contribution in [0.3, 0.4) is 0 Å². The first-order chi connectivity index (χ1) is 11.1. The third kappa shape index (κ3) is 3.17. The number of anilines is 1. The Morgan fingerprint density at radius 2 is 2.13 bits per heavy atom. The van der Waals surface area contributed by atoms with Crippen LogP contribution in [-0.4, -0.2) is 52.9 Å². The summed E-state index contributed by atoms with van der Waals surface area (Å²) in [6.45, 7) is 4.66. The molecule has 0 saturated carbocycles. The van der Waals surface area contributed by atoms with Crippen molar-refractivity contribution < 1.29 is 4.79 Å². The Labute approximate surface area is 138 Å². The van der Waals surface area contributed by atoms with Gasteiger partial charge in [-0.1, -0.05) is 6.92 Å². The van der Waals surface area contributed by atoms with Crippen molar-refractivity contribution in [2.24, 2.45) is 0 Å². The van der Waals surface area contributed by atoms with Gasteiger partial charge in [-0.05, 0) is 26.3 Å². The Morgan fingerprint density at radius 1 is 1.30 bits per heavy atom. The van der Waals surface area contributed by atoms with E-state index >= 15 is 0 Å². The number of fused-ring (bicyclic) bond motifs is 1. The molecule has 1 atom stereocenters. The van der Waals surface area contributed by atoms with Crippen LogP contribution >= 0.6 is 0 Å². The van der Waals surface area contributed by atoms with E-state index < -0.39 is 0 Å². The molecule has 23 heavy (non-hydrogen) atoms. The van der Waals surface area contributed by atoms with E-state index in [1.807, 2.05) is 18.9 Å². The van der Waals surface area contributed by atoms with Gasteiger partial charge in [0.25, 0.3) is 0 Å². The second-order valence-electron chi connectivity index (χ2n) is 6.55. The standard InChI is InChI=1S/C17H27N5O/c1-4-15(23)22-9-6-5-7-14(22)17-19-13-8-10-21(3)11-12(13)16(18-2)20-17/h14H,4-11H2,1-3H3,(H,18,19,20)/t14-/m1/s1. The number of aromatic nitrogens is 2. The number of nitrogens with one attached hydrogen (secondary N) is 1. The quantitative estimate of drug-likeness (QED) is 0.923. The zero-order chi connectivity index (χ0) is 16.4. The Balaban J connectivity index is 1.97. The van der Waals surface area contributed by atoms with Crippen LogP contribution in [-0.2, 0) is 17.8 Å². The van der Waals surface area contributed by atoms with Crippen molar-refractivity contribution >= 4 is 11.7 Å². The lowest BCUT2D eigenvalue weighted by Crippen LogP contribution is -2.39. The molecule has 2 aliphatic rings. The first kappa shape index (κ1) is 16.2. The van der Waals surface area contributed by atoms with Gasteiger partial charge in [0, 0.05) is 45.1 Å². The molecule has 1 N–H and O–H groups in total. The third-order valence-electron chi connectivity index (χ3n) is 4.93. The average Bonchev–Trinajstić information content (AvgIpc) is 2.60. The first-order valence-electron chi connectivity index (χ1n) is 8.69. The Morgan fingerprint density at radius 3 is 2.87 bits per heavy atom. The minimum absolute atomic E-state index is 0.0354. The Bertz CT molecular complexity index is 571. The number of carbonyl (C=O) groups excluding carboxylic acids is 1. The molecule has 1 saturated heterocycles. The van der Waals surface area contributed by atoms with Crippen molar-refractivity contribution in [2.45, 2.75) is 51.6 Å². The highest BCUT2D eigenvalue weighted by atomic mass is 16.2. The third-order valence-corrected chi connectivity index (χ3v) is 4.93. The molecular formula is C17H27N5O. The summed E-state index contributed by atoms with van der Waals surface area (Å²) in [5, 5.41) is 3.23. The number of piperidine rings is 1. The SMILES string of the molecule is CCC(=O)N1CCCC[C@@H]1c1nc2c(c(NC)n1)CN(C)CC2. The van der Waals surface area contributed by atoms with Crippen molar-refractivity contribution in [2.75, 3.05) is 32.5 Å². The maximum atomic E-state index is 12.3. The minimum Gasteiger partial charge on any atom is -0.373 e. The molecule has 0 radical (unpaired) electrons.